The van der Waals surface area contributed by atoms with E-state index in [2.05, 4.69) is 53.2 Å². The summed E-state index contributed by atoms with van der Waals surface area (Å²) in [5.74, 6) is 0.786. The first-order chi connectivity index (χ1) is 11.1. The maximum atomic E-state index is 11.8. The van der Waals surface area contributed by atoms with E-state index in [1.165, 1.54) is 17.7 Å². The summed E-state index contributed by atoms with van der Waals surface area (Å²) in [4.78, 5) is 16.6. The van der Waals surface area contributed by atoms with E-state index < -0.39 is 0 Å². The number of piperazine rings is 1. The second kappa shape index (κ2) is 8.45. The molecule has 6 heteroatoms. The van der Waals surface area contributed by atoms with Gasteiger partial charge in [-0.15, -0.1) is 24.2 Å². The number of aryl methyl sites for hydroxylation is 1. The Morgan fingerprint density at radius 3 is 2.58 bits per heavy atom. The van der Waals surface area contributed by atoms with Crippen LogP contribution >= 0.6 is 24.2 Å². The second-order valence-electron chi connectivity index (χ2n) is 6.54. The summed E-state index contributed by atoms with van der Waals surface area (Å²) in [6.45, 7) is 8.41. The van der Waals surface area contributed by atoms with Gasteiger partial charge >= 0.3 is 0 Å². The first-order valence-electron chi connectivity index (χ1n) is 8.64. The van der Waals surface area contributed by atoms with E-state index in [0.717, 1.165) is 39.0 Å². The Morgan fingerprint density at radius 1 is 1.25 bits per heavy atom. The van der Waals surface area contributed by atoms with Gasteiger partial charge in [-0.3, -0.25) is 9.69 Å². The minimum Gasteiger partial charge on any atom is -0.369 e. The number of hydrogen-bond donors (Lipinski definition) is 1. The van der Waals surface area contributed by atoms with Crippen molar-refractivity contribution in [1.29, 1.82) is 0 Å². The lowest BCUT2D eigenvalue weighted by Gasteiger charge is -2.45. The maximum absolute atomic E-state index is 11.8. The Morgan fingerprint density at radius 2 is 2.00 bits per heavy atom. The number of halogens is 1. The van der Waals surface area contributed by atoms with Crippen molar-refractivity contribution in [1.82, 2.24) is 10.2 Å². The van der Waals surface area contributed by atoms with E-state index in [1.807, 2.05) is 0 Å². The van der Waals surface area contributed by atoms with Crippen molar-refractivity contribution in [3.05, 3.63) is 29.8 Å². The van der Waals surface area contributed by atoms with Crippen molar-refractivity contribution in [2.45, 2.75) is 38.1 Å². The molecule has 2 aliphatic heterocycles. The molecule has 0 bridgehead atoms. The van der Waals surface area contributed by atoms with Crippen LogP contribution in [0.4, 0.5) is 5.69 Å². The van der Waals surface area contributed by atoms with Gasteiger partial charge in [0, 0.05) is 31.9 Å². The fourth-order valence-corrected chi connectivity index (χ4v) is 4.79. The molecule has 1 atom stereocenters. The summed E-state index contributed by atoms with van der Waals surface area (Å²) in [6.07, 6.45) is 3.37. The molecule has 0 saturated carbocycles. The van der Waals surface area contributed by atoms with Crippen LogP contribution < -0.4 is 10.2 Å². The lowest BCUT2D eigenvalue weighted by Crippen LogP contribution is -2.60. The molecule has 2 aliphatic rings. The van der Waals surface area contributed by atoms with Crippen molar-refractivity contribution < 1.29 is 4.79 Å². The third-order valence-corrected chi connectivity index (χ3v) is 6.25. The Balaban J connectivity index is 0.00000208. The van der Waals surface area contributed by atoms with Crippen molar-refractivity contribution in [2.75, 3.05) is 36.8 Å². The molecule has 0 aromatic heterocycles. The highest BCUT2D eigenvalue weighted by molar-refractivity contribution is 8.01. The average Bonchev–Trinajstić information content (AvgIpc) is 2.95. The molecule has 0 spiro atoms. The van der Waals surface area contributed by atoms with Gasteiger partial charge in [0.25, 0.3) is 0 Å². The molecular formula is C18H28ClN3OS. The van der Waals surface area contributed by atoms with Crippen LogP contribution in [0.1, 0.15) is 31.7 Å². The number of benzene rings is 1. The van der Waals surface area contributed by atoms with Crippen molar-refractivity contribution in [3.63, 3.8) is 0 Å². The molecule has 1 N–H and O–H groups in total. The van der Waals surface area contributed by atoms with Gasteiger partial charge in [0.1, 0.15) is 4.99 Å². The number of anilines is 1. The number of rotatable bonds is 5. The number of hydrogen-bond acceptors (Lipinski definition) is 4. The number of unbranched alkanes of at least 4 members (excludes halogenated alkanes) is 1. The molecular weight excluding hydrogens is 342 g/mol. The molecule has 24 heavy (non-hydrogen) atoms. The van der Waals surface area contributed by atoms with E-state index in [-0.39, 0.29) is 23.3 Å². The number of nitrogens with zero attached hydrogens (tertiary/aromatic N) is 2. The zero-order valence-corrected chi connectivity index (χ0v) is 16.2. The summed E-state index contributed by atoms with van der Waals surface area (Å²) < 4.78 is 0. The van der Waals surface area contributed by atoms with Crippen molar-refractivity contribution in [3.8, 4) is 0 Å². The topological polar surface area (TPSA) is 35.6 Å². The fraction of sp³-hybridized carbons (Fsp3) is 0.611. The third kappa shape index (κ3) is 4.19. The summed E-state index contributed by atoms with van der Waals surface area (Å²) in [5, 5.41) is 3.27. The van der Waals surface area contributed by atoms with Crippen LogP contribution in [0.5, 0.6) is 0 Å². The van der Waals surface area contributed by atoms with Gasteiger partial charge in [0.05, 0.1) is 5.75 Å². The van der Waals surface area contributed by atoms with Gasteiger partial charge in [-0.2, -0.15) is 0 Å². The molecule has 1 aromatic carbocycles. The molecule has 3 rings (SSSR count). The Kier molecular flexibility index (Phi) is 6.84. The lowest BCUT2D eigenvalue weighted by molar-refractivity contribution is -0.120. The summed E-state index contributed by atoms with van der Waals surface area (Å²) in [7, 11) is 0. The van der Waals surface area contributed by atoms with Gasteiger partial charge in [-0.05, 0) is 37.5 Å². The number of amides is 1. The molecule has 0 aliphatic carbocycles. The lowest BCUT2D eigenvalue weighted by atomic mass is 10.1. The first kappa shape index (κ1) is 19.4. The minimum absolute atomic E-state index is 0. The van der Waals surface area contributed by atoms with Crippen LogP contribution in [-0.4, -0.2) is 47.7 Å². The normalized spacial score (nSPS) is 24.6. The summed E-state index contributed by atoms with van der Waals surface area (Å²) in [6, 6.07) is 8.73. The van der Waals surface area contributed by atoms with E-state index in [9.17, 15) is 4.79 Å². The molecule has 2 fully saturated rings. The Labute approximate surface area is 155 Å². The number of carbonyl (C=O) groups is 1. The minimum atomic E-state index is -0.161. The molecule has 2 saturated heterocycles. The van der Waals surface area contributed by atoms with E-state index in [4.69, 9.17) is 0 Å². The quantitative estimate of drug-likeness (QED) is 0.864. The Bertz CT molecular complexity index is 563. The fourth-order valence-electron chi connectivity index (χ4n) is 3.50. The largest absolute Gasteiger partial charge is 0.369 e. The molecule has 4 nitrogen and oxygen atoms in total. The molecule has 0 radical (unpaired) electrons. The SMILES string of the molecule is CCCCC1(N2CCN(c3cccc(C)c3)CC2)NC(=O)CS1.Cl. The Hall–Kier alpha value is -0.910. The number of nitrogens with one attached hydrogen (secondary N) is 1. The molecule has 1 unspecified atom stereocenters. The number of carbonyl (C=O) groups excluding carboxylic acids is 1. The average molecular weight is 370 g/mol. The van der Waals surface area contributed by atoms with Gasteiger partial charge in [0.2, 0.25) is 5.91 Å². The predicted molar refractivity (Wildman–Crippen MR) is 105 cm³/mol. The molecule has 134 valence electrons. The number of thioether (sulfide) groups is 1. The van der Waals surface area contributed by atoms with E-state index >= 15 is 0 Å². The monoisotopic (exact) mass is 369 g/mol. The van der Waals surface area contributed by atoms with Crippen LogP contribution in [0.3, 0.4) is 0 Å². The highest BCUT2D eigenvalue weighted by atomic mass is 35.5. The standard InChI is InChI=1S/C18H27N3OS.ClH/c1-3-4-8-18(19-17(22)14-23-18)21-11-9-20(10-12-21)16-7-5-6-15(2)13-16;/h5-7,13H,3-4,8-12,14H2,1-2H3,(H,19,22);1H. The third-order valence-electron chi connectivity index (χ3n) is 4.80. The highest BCUT2D eigenvalue weighted by Crippen LogP contribution is 2.37. The highest BCUT2D eigenvalue weighted by Gasteiger charge is 2.44. The van der Waals surface area contributed by atoms with Crippen molar-refractivity contribution >= 4 is 35.8 Å². The van der Waals surface area contributed by atoms with E-state index in [1.54, 1.807) is 11.8 Å². The smallest absolute Gasteiger partial charge is 0.232 e. The zero-order chi connectivity index (χ0) is 16.3. The zero-order valence-electron chi connectivity index (χ0n) is 14.6. The predicted octanol–water partition coefficient (Wildman–Crippen LogP) is 3.25. The van der Waals surface area contributed by atoms with Crippen molar-refractivity contribution in [2.24, 2.45) is 0 Å². The van der Waals surface area contributed by atoms with Crippen LogP contribution in [0.25, 0.3) is 0 Å². The van der Waals surface area contributed by atoms with Gasteiger partial charge in [0.15, 0.2) is 0 Å². The van der Waals surface area contributed by atoms with Crippen LogP contribution in [0.15, 0.2) is 24.3 Å². The second-order valence-corrected chi connectivity index (χ2v) is 7.79. The van der Waals surface area contributed by atoms with Gasteiger partial charge in [-0.1, -0.05) is 25.5 Å². The van der Waals surface area contributed by atoms with Crippen LogP contribution in [-0.2, 0) is 4.79 Å². The maximum Gasteiger partial charge on any atom is 0.232 e. The van der Waals surface area contributed by atoms with Crippen LogP contribution in [0.2, 0.25) is 0 Å². The van der Waals surface area contributed by atoms with Crippen LogP contribution in [0, 0.1) is 6.92 Å². The summed E-state index contributed by atoms with van der Waals surface area (Å²) >= 11 is 1.79. The molecule has 1 aromatic rings. The van der Waals surface area contributed by atoms with Gasteiger partial charge in [-0.25, -0.2) is 0 Å². The van der Waals surface area contributed by atoms with Gasteiger partial charge < -0.3 is 10.2 Å². The molecule has 2 heterocycles. The molecule has 1 amide bonds. The first-order valence-corrected chi connectivity index (χ1v) is 9.63. The summed E-state index contributed by atoms with van der Waals surface area (Å²) in [5.41, 5.74) is 2.62. The van der Waals surface area contributed by atoms with E-state index in [0.29, 0.717) is 5.75 Å².